The van der Waals surface area contributed by atoms with Crippen LogP contribution in [0.2, 0.25) is 0 Å². The van der Waals surface area contributed by atoms with Crippen LogP contribution in [0.15, 0.2) is 0 Å². The zero-order chi connectivity index (χ0) is 15.3. The van der Waals surface area contributed by atoms with E-state index in [9.17, 15) is 19.8 Å². The summed E-state index contributed by atoms with van der Waals surface area (Å²) in [6.45, 7) is 5.22. The Labute approximate surface area is 120 Å². The zero-order valence-electron chi connectivity index (χ0n) is 12.7. The summed E-state index contributed by atoms with van der Waals surface area (Å²) in [4.78, 5) is 23.5. The third kappa shape index (κ3) is 4.20. The highest BCUT2D eigenvalue weighted by atomic mass is 16.4. The smallest absolute Gasteiger partial charge is 0.310 e. The highest BCUT2D eigenvalue weighted by Crippen LogP contribution is 2.31. The second kappa shape index (κ2) is 7.07. The molecule has 0 saturated heterocycles. The van der Waals surface area contributed by atoms with Crippen molar-refractivity contribution < 1.29 is 19.8 Å². The van der Waals surface area contributed by atoms with Gasteiger partial charge in [0, 0.05) is 6.42 Å². The molecule has 1 amide bonds. The van der Waals surface area contributed by atoms with E-state index in [1.165, 1.54) is 0 Å². The maximum atomic E-state index is 12.1. The van der Waals surface area contributed by atoms with Gasteiger partial charge in [0.2, 0.25) is 5.91 Å². The summed E-state index contributed by atoms with van der Waals surface area (Å²) >= 11 is 0. The summed E-state index contributed by atoms with van der Waals surface area (Å²) in [5.41, 5.74) is -1.07. The summed E-state index contributed by atoms with van der Waals surface area (Å²) in [7, 11) is 0. The normalized spacial score (nSPS) is 26.6. The maximum absolute atomic E-state index is 12.1. The minimum Gasteiger partial charge on any atom is -0.481 e. The number of hydrogen-bond acceptors (Lipinski definition) is 3. The number of nitrogens with one attached hydrogen (secondary N) is 1. The number of rotatable bonds is 5. The molecule has 3 N–H and O–H groups in total. The molecule has 1 aliphatic rings. The van der Waals surface area contributed by atoms with Gasteiger partial charge in [-0.3, -0.25) is 9.59 Å². The Balaban J connectivity index is 2.63. The molecule has 0 aliphatic heterocycles. The third-order valence-electron chi connectivity index (χ3n) is 4.62. The van der Waals surface area contributed by atoms with Crippen LogP contribution in [-0.2, 0) is 9.59 Å². The van der Waals surface area contributed by atoms with Crippen LogP contribution in [0.3, 0.4) is 0 Å². The highest BCUT2D eigenvalue weighted by Gasteiger charge is 2.39. The van der Waals surface area contributed by atoms with Gasteiger partial charge in [0.25, 0.3) is 0 Å². The van der Waals surface area contributed by atoms with E-state index in [0.717, 1.165) is 25.7 Å². The lowest BCUT2D eigenvalue weighted by Gasteiger charge is -2.30. The number of hydrogen-bond donors (Lipinski definition) is 3. The summed E-state index contributed by atoms with van der Waals surface area (Å²) < 4.78 is 0. The van der Waals surface area contributed by atoms with Gasteiger partial charge in [-0.05, 0) is 25.7 Å². The van der Waals surface area contributed by atoms with E-state index < -0.39 is 17.5 Å². The average molecular weight is 285 g/mol. The van der Waals surface area contributed by atoms with Crippen LogP contribution in [0.5, 0.6) is 0 Å². The number of carboxylic acid groups (broad SMARTS) is 1. The fourth-order valence-corrected chi connectivity index (χ4v) is 2.57. The fourth-order valence-electron chi connectivity index (χ4n) is 2.57. The Morgan fingerprint density at radius 3 is 2.40 bits per heavy atom. The topological polar surface area (TPSA) is 86.6 Å². The summed E-state index contributed by atoms with van der Waals surface area (Å²) in [5, 5.41) is 22.1. The van der Waals surface area contributed by atoms with Crippen molar-refractivity contribution in [2.24, 2.45) is 11.3 Å². The lowest BCUT2D eigenvalue weighted by molar-refractivity contribution is -0.153. The molecule has 3 unspecified atom stereocenters. The maximum Gasteiger partial charge on any atom is 0.310 e. The van der Waals surface area contributed by atoms with E-state index in [1.807, 2.05) is 13.8 Å². The molecule has 116 valence electrons. The summed E-state index contributed by atoms with van der Waals surface area (Å²) in [6.07, 6.45) is 3.93. The molecule has 3 atom stereocenters. The predicted octanol–water partition coefficient (Wildman–Crippen LogP) is 1.93. The molecule has 1 fully saturated rings. The van der Waals surface area contributed by atoms with Crippen molar-refractivity contribution in [3.63, 3.8) is 0 Å². The van der Waals surface area contributed by atoms with Gasteiger partial charge in [0.05, 0.1) is 17.6 Å². The number of carboxylic acids is 1. The SMILES string of the molecule is CC(C)C(C)(CC(=O)NC1CCCCCC1O)C(=O)O. The molecule has 5 heteroatoms. The molecule has 0 aromatic carbocycles. The van der Waals surface area contributed by atoms with Crippen molar-refractivity contribution in [3.8, 4) is 0 Å². The van der Waals surface area contributed by atoms with E-state index >= 15 is 0 Å². The minimum absolute atomic E-state index is 0.0524. The molecule has 0 heterocycles. The molecule has 0 aromatic rings. The molecule has 0 bridgehead atoms. The Morgan fingerprint density at radius 2 is 1.85 bits per heavy atom. The first-order valence-corrected chi connectivity index (χ1v) is 7.48. The summed E-state index contributed by atoms with van der Waals surface area (Å²) in [5.74, 6) is -1.37. The van der Waals surface area contributed by atoms with Gasteiger partial charge in [-0.25, -0.2) is 0 Å². The molecule has 20 heavy (non-hydrogen) atoms. The van der Waals surface area contributed by atoms with Crippen LogP contribution in [0.1, 0.15) is 59.3 Å². The first-order chi connectivity index (χ1) is 9.27. The second-order valence-corrected chi connectivity index (χ2v) is 6.43. The molecule has 1 saturated carbocycles. The number of aliphatic hydroxyl groups is 1. The zero-order valence-corrected chi connectivity index (χ0v) is 12.7. The fraction of sp³-hybridized carbons (Fsp3) is 0.867. The van der Waals surface area contributed by atoms with Crippen molar-refractivity contribution >= 4 is 11.9 Å². The monoisotopic (exact) mass is 285 g/mol. The van der Waals surface area contributed by atoms with Crippen LogP contribution >= 0.6 is 0 Å². The second-order valence-electron chi connectivity index (χ2n) is 6.43. The number of aliphatic carboxylic acids is 1. The number of carbonyl (C=O) groups excluding carboxylic acids is 1. The van der Waals surface area contributed by atoms with Gasteiger partial charge in [0.15, 0.2) is 0 Å². The van der Waals surface area contributed by atoms with Gasteiger partial charge in [-0.2, -0.15) is 0 Å². The molecular formula is C15H27NO4. The van der Waals surface area contributed by atoms with E-state index in [-0.39, 0.29) is 24.3 Å². The van der Waals surface area contributed by atoms with Crippen LogP contribution in [0.25, 0.3) is 0 Å². The predicted molar refractivity (Wildman–Crippen MR) is 76.2 cm³/mol. The molecule has 1 aliphatic carbocycles. The van der Waals surface area contributed by atoms with Crippen LogP contribution in [0.4, 0.5) is 0 Å². The van der Waals surface area contributed by atoms with Crippen LogP contribution in [0, 0.1) is 11.3 Å². The molecule has 0 spiro atoms. The van der Waals surface area contributed by atoms with Gasteiger partial charge >= 0.3 is 5.97 Å². The van der Waals surface area contributed by atoms with E-state index in [4.69, 9.17) is 0 Å². The number of amides is 1. The summed E-state index contributed by atoms with van der Waals surface area (Å²) in [6, 6.07) is -0.241. The Bertz CT molecular complexity index is 356. The first kappa shape index (κ1) is 17.0. The van der Waals surface area contributed by atoms with E-state index in [1.54, 1.807) is 6.92 Å². The highest BCUT2D eigenvalue weighted by molar-refractivity contribution is 5.85. The molecule has 1 rings (SSSR count). The van der Waals surface area contributed by atoms with Crippen LogP contribution < -0.4 is 5.32 Å². The van der Waals surface area contributed by atoms with Crippen molar-refractivity contribution in [2.45, 2.75) is 71.4 Å². The standard InChI is InChI=1S/C15H27NO4/c1-10(2)15(3,14(19)20)9-13(18)16-11-7-5-4-6-8-12(11)17/h10-12,17H,4-9H2,1-3H3,(H,16,18)(H,19,20). The molecule has 0 radical (unpaired) electrons. The molecule has 0 aromatic heterocycles. The van der Waals surface area contributed by atoms with E-state index in [2.05, 4.69) is 5.32 Å². The number of aliphatic hydroxyl groups excluding tert-OH is 1. The van der Waals surface area contributed by atoms with Crippen molar-refractivity contribution in [1.82, 2.24) is 5.32 Å². The van der Waals surface area contributed by atoms with Gasteiger partial charge in [0.1, 0.15) is 0 Å². The van der Waals surface area contributed by atoms with Crippen molar-refractivity contribution in [3.05, 3.63) is 0 Å². The minimum atomic E-state index is -1.07. The average Bonchev–Trinajstić information content (AvgIpc) is 2.54. The van der Waals surface area contributed by atoms with Gasteiger partial charge in [-0.15, -0.1) is 0 Å². The first-order valence-electron chi connectivity index (χ1n) is 7.48. The lowest BCUT2D eigenvalue weighted by atomic mass is 9.76. The Morgan fingerprint density at radius 1 is 1.25 bits per heavy atom. The van der Waals surface area contributed by atoms with E-state index in [0.29, 0.717) is 6.42 Å². The van der Waals surface area contributed by atoms with Crippen molar-refractivity contribution in [2.75, 3.05) is 0 Å². The quantitative estimate of drug-likeness (QED) is 0.674. The largest absolute Gasteiger partial charge is 0.481 e. The number of carbonyl (C=O) groups is 2. The Hall–Kier alpha value is -1.10. The Kier molecular flexibility index (Phi) is 5.99. The van der Waals surface area contributed by atoms with Crippen molar-refractivity contribution in [1.29, 1.82) is 0 Å². The molecule has 5 nitrogen and oxygen atoms in total. The third-order valence-corrected chi connectivity index (χ3v) is 4.62. The molecular weight excluding hydrogens is 258 g/mol. The lowest BCUT2D eigenvalue weighted by Crippen LogP contribution is -2.46. The van der Waals surface area contributed by atoms with Gasteiger partial charge < -0.3 is 15.5 Å². The van der Waals surface area contributed by atoms with Crippen LogP contribution in [-0.4, -0.2) is 34.2 Å². The van der Waals surface area contributed by atoms with Gasteiger partial charge in [-0.1, -0.05) is 33.1 Å².